The maximum Gasteiger partial charge on any atom is 0.265 e. The first kappa shape index (κ1) is 16.9. The molecule has 0 saturated carbocycles. The third-order valence-electron chi connectivity index (χ3n) is 4.00. The number of carbonyl (C=O) groups excluding carboxylic acids is 2. The van der Waals surface area contributed by atoms with Crippen LogP contribution in [0.15, 0.2) is 78.3 Å². The number of nitrogens with one attached hydrogen (secondary N) is 2. The Morgan fingerprint density at radius 3 is 2.33 bits per heavy atom. The van der Waals surface area contributed by atoms with Crippen molar-refractivity contribution in [3.8, 4) is 0 Å². The standard InChI is InChI=1S/C21H15N3O2S/c25-20(17-9-1-5-14-6-3-11-22-19(14)17)23-15-7-2-8-16(13-15)24-21(26)18-10-4-12-27-18/h1-13H,(H,23,25)(H,24,26). The summed E-state index contributed by atoms with van der Waals surface area (Å²) in [6.07, 6.45) is 1.67. The summed E-state index contributed by atoms with van der Waals surface area (Å²) in [4.78, 5) is 29.8. The molecule has 0 bridgehead atoms. The topological polar surface area (TPSA) is 71.1 Å². The van der Waals surface area contributed by atoms with Crippen LogP contribution >= 0.6 is 11.3 Å². The van der Waals surface area contributed by atoms with Crippen LogP contribution in [-0.4, -0.2) is 16.8 Å². The lowest BCUT2D eigenvalue weighted by Crippen LogP contribution is -2.14. The molecule has 2 amide bonds. The molecule has 132 valence electrons. The molecule has 2 aromatic carbocycles. The lowest BCUT2D eigenvalue weighted by molar-refractivity contribution is 0.102. The van der Waals surface area contributed by atoms with Crippen LogP contribution in [0.4, 0.5) is 11.4 Å². The minimum absolute atomic E-state index is 0.174. The van der Waals surface area contributed by atoms with Crippen LogP contribution in [0.2, 0.25) is 0 Å². The van der Waals surface area contributed by atoms with E-state index in [1.54, 1.807) is 42.6 Å². The molecule has 0 saturated heterocycles. The summed E-state index contributed by atoms with van der Waals surface area (Å²) in [5, 5.41) is 8.46. The fraction of sp³-hybridized carbons (Fsp3) is 0. The van der Waals surface area contributed by atoms with E-state index in [2.05, 4.69) is 15.6 Å². The quantitative estimate of drug-likeness (QED) is 0.540. The van der Waals surface area contributed by atoms with Gasteiger partial charge in [-0.1, -0.05) is 30.3 Å². The number of hydrogen-bond donors (Lipinski definition) is 2. The molecule has 0 fully saturated rings. The van der Waals surface area contributed by atoms with E-state index in [-0.39, 0.29) is 11.8 Å². The molecule has 0 aliphatic carbocycles. The third-order valence-corrected chi connectivity index (χ3v) is 4.87. The molecular weight excluding hydrogens is 358 g/mol. The number of aromatic nitrogens is 1. The Hall–Kier alpha value is -3.51. The zero-order valence-electron chi connectivity index (χ0n) is 14.2. The van der Waals surface area contributed by atoms with Gasteiger partial charge in [0.1, 0.15) is 0 Å². The first-order chi connectivity index (χ1) is 13.2. The minimum Gasteiger partial charge on any atom is -0.322 e. The maximum atomic E-state index is 12.7. The molecule has 5 nitrogen and oxygen atoms in total. The lowest BCUT2D eigenvalue weighted by atomic mass is 10.1. The first-order valence-electron chi connectivity index (χ1n) is 8.31. The van der Waals surface area contributed by atoms with Gasteiger partial charge in [-0.25, -0.2) is 0 Å². The van der Waals surface area contributed by atoms with Crippen LogP contribution in [0.5, 0.6) is 0 Å². The number of rotatable bonds is 4. The second-order valence-corrected chi connectivity index (χ2v) is 6.79. The summed E-state index contributed by atoms with van der Waals surface area (Å²) < 4.78 is 0. The highest BCUT2D eigenvalue weighted by Gasteiger charge is 2.12. The Labute approximate surface area is 159 Å². The van der Waals surface area contributed by atoms with E-state index in [1.165, 1.54) is 11.3 Å². The first-order valence-corrected chi connectivity index (χ1v) is 9.19. The van der Waals surface area contributed by atoms with Crippen molar-refractivity contribution < 1.29 is 9.59 Å². The Bertz CT molecular complexity index is 1120. The number of fused-ring (bicyclic) bond motifs is 1. The number of anilines is 2. The number of pyridine rings is 1. The average Bonchev–Trinajstić information content (AvgIpc) is 3.23. The predicted molar refractivity (Wildman–Crippen MR) is 108 cm³/mol. The van der Waals surface area contributed by atoms with Crippen molar-refractivity contribution in [2.45, 2.75) is 0 Å². The fourth-order valence-corrected chi connectivity index (χ4v) is 3.38. The van der Waals surface area contributed by atoms with Gasteiger partial charge in [0.25, 0.3) is 11.8 Å². The summed E-state index contributed by atoms with van der Waals surface area (Å²) >= 11 is 1.37. The number of amides is 2. The number of carbonyl (C=O) groups is 2. The molecule has 2 N–H and O–H groups in total. The van der Waals surface area contributed by atoms with E-state index >= 15 is 0 Å². The van der Waals surface area contributed by atoms with Gasteiger partial charge in [-0.2, -0.15) is 0 Å². The molecule has 0 atom stereocenters. The van der Waals surface area contributed by atoms with E-state index in [4.69, 9.17) is 0 Å². The van der Waals surface area contributed by atoms with E-state index in [1.807, 2.05) is 35.7 Å². The normalized spacial score (nSPS) is 10.5. The molecule has 6 heteroatoms. The van der Waals surface area contributed by atoms with Crippen LogP contribution < -0.4 is 10.6 Å². The largest absolute Gasteiger partial charge is 0.322 e. The monoisotopic (exact) mass is 373 g/mol. The number of para-hydroxylation sites is 1. The van der Waals surface area contributed by atoms with Gasteiger partial charge < -0.3 is 10.6 Å². The lowest BCUT2D eigenvalue weighted by Gasteiger charge is -2.09. The van der Waals surface area contributed by atoms with Gasteiger partial charge >= 0.3 is 0 Å². The van der Waals surface area contributed by atoms with Crippen molar-refractivity contribution in [3.63, 3.8) is 0 Å². The van der Waals surface area contributed by atoms with Gasteiger partial charge in [-0.05, 0) is 41.8 Å². The molecule has 2 heterocycles. The van der Waals surface area contributed by atoms with Gasteiger partial charge in [0.15, 0.2) is 0 Å². The number of nitrogens with zero attached hydrogens (tertiary/aromatic N) is 1. The number of benzene rings is 2. The second kappa shape index (κ2) is 7.39. The number of hydrogen-bond acceptors (Lipinski definition) is 4. The molecule has 0 radical (unpaired) electrons. The molecule has 0 spiro atoms. The molecule has 0 aliphatic heterocycles. The Kier molecular flexibility index (Phi) is 4.63. The van der Waals surface area contributed by atoms with Gasteiger partial charge in [-0.15, -0.1) is 11.3 Å². The van der Waals surface area contributed by atoms with Crippen LogP contribution in [0, 0.1) is 0 Å². The summed E-state index contributed by atoms with van der Waals surface area (Å²) in [6.45, 7) is 0. The van der Waals surface area contributed by atoms with E-state index in [9.17, 15) is 9.59 Å². The second-order valence-electron chi connectivity index (χ2n) is 5.85. The van der Waals surface area contributed by atoms with Crippen LogP contribution in [0.25, 0.3) is 10.9 Å². The fourth-order valence-electron chi connectivity index (χ4n) is 2.76. The maximum absolute atomic E-state index is 12.7. The van der Waals surface area contributed by atoms with Gasteiger partial charge in [0.2, 0.25) is 0 Å². The van der Waals surface area contributed by atoms with Gasteiger partial charge in [0.05, 0.1) is 16.0 Å². The molecule has 0 aliphatic rings. The summed E-state index contributed by atoms with van der Waals surface area (Å²) in [7, 11) is 0. The van der Waals surface area contributed by atoms with Crippen molar-refractivity contribution in [2.24, 2.45) is 0 Å². The summed E-state index contributed by atoms with van der Waals surface area (Å²) in [6, 6.07) is 19.9. The van der Waals surface area contributed by atoms with Crippen molar-refractivity contribution in [3.05, 3.63) is 88.7 Å². The molecular formula is C21H15N3O2S. The van der Waals surface area contributed by atoms with Crippen molar-refractivity contribution in [2.75, 3.05) is 10.6 Å². The smallest absolute Gasteiger partial charge is 0.265 e. The summed E-state index contributed by atoms with van der Waals surface area (Å²) in [5.74, 6) is -0.423. The highest BCUT2D eigenvalue weighted by atomic mass is 32.1. The van der Waals surface area contributed by atoms with Crippen LogP contribution in [0.3, 0.4) is 0 Å². The van der Waals surface area contributed by atoms with Crippen molar-refractivity contribution in [1.82, 2.24) is 4.98 Å². The Morgan fingerprint density at radius 1 is 0.815 bits per heavy atom. The van der Waals surface area contributed by atoms with E-state index in [0.717, 1.165) is 5.39 Å². The van der Waals surface area contributed by atoms with Crippen molar-refractivity contribution in [1.29, 1.82) is 0 Å². The predicted octanol–water partition coefficient (Wildman–Crippen LogP) is 4.80. The Morgan fingerprint density at radius 2 is 1.56 bits per heavy atom. The van der Waals surface area contributed by atoms with Gasteiger partial charge in [-0.3, -0.25) is 14.6 Å². The zero-order chi connectivity index (χ0) is 18.6. The Balaban J connectivity index is 1.54. The average molecular weight is 373 g/mol. The molecule has 4 rings (SSSR count). The van der Waals surface area contributed by atoms with Crippen LogP contribution in [0.1, 0.15) is 20.0 Å². The van der Waals surface area contributed by atoms with E-state index in [0.29, 0.717) is 27.3 Å². The molecule has 4 aromatic rings. The summed E-state index contributed by atoms with van der Waals surface area (Å²) in [5.41, 5.74) is 2.36. The minimum atomic E-state index is -0.249. The number of thiophene rings is 1. The SMILES string of the molecule is O=C(Nc1cccc(NC(=O)c2cccc3cccnc23)c1)c1cccs1. The third kappa shape index (κ3) is 3.70. The zero-order valence-corrected chi connectivity index (χ0v) is 15.0. The van der Waals surface area contributed by atoms with Crippen molar-refractivity contribution >= 4 is 45.4 Å². The van der Waals surface area contributed by atoms with Crippen LogP contribution in [-0.2, 0) is 0 Å². The van der Waals surface area contributed by atoms with Gasteiger partial charge in [0, 0.05) is 23.0 Å². The highest BCUT2D eigenvalue weighted by Crippen LogP contribution is 2.20. The van der Waals surface area contributed by atoms with E-state index < -0.39 is 0 Å². The molecule has 27 heavy (non-hydrogen) atoms. The molecule has 0 unspecified atom stereocenters. The molecule has 2 aromatic heterocycles. The highest BCUT2D eigenvalue weighted by molar-refractivity contribution is 7.12.